The van der Waals surface area contributed by atoms with Crippen LogP contribution >= 0.6 is 0 Å². The Kier molecular flexibility index (Phi) is 4.54. The van der Waals surface area contributed by atoms with Gasteiger partial charge in [0.15, 0.2) is 0 Å². The summed E-state index contributed by atoms with van der Waals surface area (Å²) in [5.41, 5.74) is 5.10. The maximum absolute atomic E-state index is 12.1. The Morgan fingerprint density at radius 1 is 1.45 bits per heavy atom. The first-order valence-electron chi connectivity index (χ1n) is 6.20. The minimum atomic E-state index is -0.635. The summed E-state index contributed by atoms with van der Waals surface area (Å²) in [6, 6.07) is 4.22. The van der Waals surface area contributed by atoms with E-state index in [-0.39, 0.29) is 11.4 Å². The van der Waals surface area contributed by atoms with Crippen molar-refractivity contribution in [2.24, 2.45) is 0 Å². The molecule has 1 amide bonds. The van der Waals surface area contributed by atoms with E-state index in [4.69, 9.17) is 10.5 Å². The normalized spacial score (nSPS) is 11.0. The van der Waals surface area contributed by atoms with Crippen LogP contribution in [0, 0.1) is 10.1 Å². The second-order valence-electron chi connectivity index (χ2n) is 5.22. The minimum absolute atomic E-state index is 0.0546. The number of carbonyl (C=O) groups excluding carboxylic acids is 1. The van der Waals surface area contributed by atoms with E-state index in [0.29, 0.717) is 12.2 Å². The highest BCUT2D eigenvalue weighted by Gasteiger charge is 2.24. The van der Waals surface area contributed by atoms with E-state index in [1.54, 1.807) is 33.8 Å². The van der Waals surface area contributed by atoms with Crippen LogP contribution in [0.3, 0.4) is 0 Å². The van der Waals surface area contributed by atoms with Crippen molar-refractivity contribution in [1.82, 2.24) is 0 Å². The zero-order valence-corrected chi connectivity index (χ0v) is 12.0. The summed E-state index contributed by atoms with van der Waals surface area (Å²) in [6.45, 7) is 7.35. The zero-order chi connectivity index (χ0) is 15.5. The molecule has 0 fully saturated rings. The van der Waals surface area contributed by atoms with Gasteiger partial charge in [-0.25, -0.2) is 4.79 Å². The summed E-state index contributed by atoms with van der Waals surface area (Å²) in [4.78, 5) is 23.7. The Morgan fingerprint density at radius 3 is 2.50 bits per heavy atom. The largest absolute Gasteiger partial charge is 0.443 e. The topological polar surface area (TPSA) is 98.7 Å². The van der Waals surface area contributed by atoms with Gasteiger partial charge < -0.3 is 10.5 Å². The molecule has 1 rings (SSSR count). The molecule has 1 aromatic carbocycles. The molecule has 2 N–H and O–H groups in total. The molecule has 0 heterocycles. The first-order valence-corrected chi connectivity index (χ1v) is 6.20. The van der Waals surface area contributed by atoms with Gasteiger partial charge in [0.1, 0.15) is 11.3 Å². The van der Waals surface area contributed by atoms with Crippen molar-refractivity contribution in [3.63, 3.8) is 0 Å². The van der Waals surface area contributed by atoms with Crippen molar-refractivity contribution in [2.45, 2.75) is 33.3 Å². The van der Waals surface area contributed by atoms with Crippen LogP contribution in [0.5, 0.6) is 0 Å². The van der Waals surface area contributed by atoms with Gasteiger partial charge in [0.2, 0.25) is 0 Å². The van der Waals surface area contributed by atoms with E-state index >= 15 is 0 Å². The summed E-state index contributed by atoms with van der Waals surface area (Å²) in [5, 5.41) is 10.9. The zero-order valence-electron chi connectivity index (χ0n) is 12.0. The van der Waals surface area contributed by atoms with Crippen LogP contribution in [0.15, 0.2) is 18.2 Å². The standard InChI is InChI=1S/C13H19N3O4/c1-5-15(12(17)20-13(2,3)4)9-6-7-10(14)11(8-9)16(18)19/h6-8H,5,14H2,1-4H3. The Balaban J connectivity index is 3.10. The van der Waals surface area contributed by atoms with Crippen LogP contribution in [0.4, 0.5) is 21.9 Å². The highest BCUT2D eigenvalue weighted by atomic mass is 16.6. The molecule has 0 aliphatic heterocycles. The van der Waals surface area contributed by atoms with Crippen LogP contribution in [-0.2, 0) is 4.74 Å². The monoisotopic (exact) mass is 281 g/mol. The lowest BCUT2D eigenvalue weighted by atomic mass is 10.2. The number of amides is 1. The fourth-order valence-corrected chi connectivity index (χ4v) is 1.59. The molecule has 0 bridgehead atoms. The second kappa shape index (κ2) is 5.77. The van der Waals surface area contributed by atoms with Crippen molar-refractivity contribution >= 4 is 23.2 Å². The van der Waals surface area contributed by atoms with Crippen molar-refractivity contribution in [1.29, 1.82) is 0 Å². The van der Waals surface area contributed by atoms with E-state index in [1.807, 2.05) is 0 Å². The summed E-state index contributed by atoms with van der Waals surface area (Å²) in [5.74, 6) is 0. The van der Waals surface area contributed by atoms with Crippen molar-refractivity contribution < 1.29 is 14.5 Å². The molecule has 0 saturated carbocycles. The van der Waals surface area contributed by atoms with Crippen LogP contribution < -0.4 is 10.6 Å². The summed E-state index contributed by atoms with van der Waals surface area (Å²) < 4.78 is 5.26. The fourth-order valence-electron chi connectivity index (χ4n) is 1.59. The van der Waals surface area contributed by atoms with Crippen molar-refractivity contribution in [3.8, 4) is 0 Å². The number of carbonyl (C=O) groups is 1. The molecule has 0 unspecified atom stereocenters. The Labute approximate surface area is 117 Å². The Morgan fingerprint density at radius 2 is 2.05 bits per heavy atom. The summed E-state index contributed by atoms with van der Waals surface area (Å²) in [7, 11) is 0. The number of nitro benzene ring substituents is 1. The van der Waals surface area contributed by atoms with Gasteiger partial charge >= 0.3 is 6.09 Å². The number of nitrogen functional groups attached to an aromatic ring is 1. The summed E-state index contributed by atoms with van der Waals surface area (Å²) in [6.07, 6.45) is -0.556. The van der Waals surface area contributed by atoms with E-state index < -0.39 is 16.6 Å². The summed E-state index contributed by atoms with van der Waals surface area (Å²) >= 11 is 0. The molecule has 0 aliphatic rings. The lowest BCUT2D eigenvalue weighted by Gasteiger charge is -2.26. The van der Waals surface area contributed by atoms with E-state index in [1.165, 1.54) is 17.0 Å². The van der Waals surface area contributed by atoms with Crippen molar-refractivity contribution in [2.75, 3.05) is 17.2 Å². The number of anilines is 2. The van der Waals surface area contributed by atoms with Gasteiger partial charge in [-0.3, -0.25) is 15.0 Å². The maximum Gasteiger partial charge on any atom is 0.414 e. The lowest BCUT2D eigenvalue weighted by molar-refractivity contribution is -0.383. The highest BCUT2D eigenvalue weighted by Crippen LogP contribution is 2.28. The third-order valence-corrected chi connectivity index (χ3v) is 2.45. The smallest absolute Gasteiger partial charge is 0.414 e. The number of hydrogen-bond acceptors (Lipinski definition) is 5. The lowest BCUT2D eigenvalue weighted by Crippen LogP contribution is -2.36. The molecule has 0 aliphatic carbocycles. The van der Waals surface area contributed by atoms with Crippen LogP contribution in [0.2, 0.25) is 0 Å². The predicted molar refractivity (Wildman–Crippen MR) is 76.8 cm³/mol. The molecular weight excluding hydrogens is 262 g/mol. The molecular formula is C13H19N3O4. The van der Waals surface area contributed by atoms with Crippen LogP contribution in [-0.4, -0.2) is 23.2 Å². The second-order valence-corrected chi connectivity index (χ2v) is 5.22. The van der Waals surface area contributed by atoms with Crippen molar-refractivity contribution in [3.05, 3.63) is 28.3 Å². The highest BCUT2D eigenvalue weighted by molar-refractivity contribution is 5.89. The number of hydrogen-bond donors (Lipinski definition) is 1. The molecule has 0 atom stereocenters. The van der Waals surface area contributed by atoms with E-state index in [0.717, 1.165) is 0 Å². The number of benzene rings is 1. The molecule has 1 aromatic rings. The van der Waals surface area contributed by atoms with Gasteiger partial charge in [0.05, 0.1) is 10.6 Å². The Hall–Kier alpha value is -2.31. The quantitative estimate of drug-likeness (QED) is 0.521. The predicted octanol–water partition coefficient (Wildman–Crippen LogP) is 2.94. The van der Waals surface area contributed by atoms with Gasteiger partial charge in [-0.15, -0.1) is 0 Å². The molecule has 7 heteroatoms. The molecule has 0 saturated heterocycles. The molecule has 0 radical (unpaired) electrons. The average Bonchev–Trinajstić information content (AvgIpc) is 2.29. The first-order chi connectivity index (χ1) is 9.15. The number of nitrogens with zero attached hydrogens (tertiary/aromatic N) is 2. The molecule has 0 aromatic heterocycles. The third-order valence-electron chi connectivity index (χ3n) is 2.45. The molecule has 20 heavy (non-hydrogen) atoms. The van der Waals surface area contributed by atoms with E-state index in [9.17, 15) is 14.9 Å². The number of rotatable bonds is 3. The molecule has 7 nitrogen and oxygen atoms in total. The first kappa shape index (κ1) is 15.7. The third kappa shape index (κ3) is 3.84. The van der Waals surface area contributed by atoms with Gasteiger partial charge in [-0.05, 0) is 39.8 Å². The SMILES string of the molecule is CCN(C(=O)OC(C)(C)C)c1ccc(N)c([N+](=O)[O-])c1. The van der Waals surface area contributed by atoms with Gasteiger partial charge in [-0.1, -0.05) is 0 Å². The van der Waals surface area contributed by atoms with Gasteiger partial charge in [0, 0.05) is 12.6 Å². The van der Waals surface area contributed by atoms with E-state index in [2.05, 4.69) is 0 Å². The number of nitro groups is 1. The maximum atomic E-state index is 12.1. The van der Waals surface area contributed by atoms with Crippen LogP contribution in [0.25, 0.3) is 0 Å². The average molecular weight is 281 g/mol. The van der Waals surface area contributed by atoms with Crippen LogP contribution in [0.1, 0.15) is 27.7 Å². The minimum Gasteiger partial charge on any atom is -0.443 e. The fraction of sp³-hybridized carbons (Fsp3) is 0.462. The number of nitrogens with two attached hydrogens (primary N) is 1. The molecule has 110 valence electrons. The van der Waals surface area contributed by atoms with Gasteiger partial charge in [0.25, 0.3) is 5.69 Å². The van der Waals surface area contributed by atoms with Gasteiger partial charge in [-0.2, -0.15) is 0 Å². The molecule has 0 spiro atoms. The Bertz CT molecular complexity index is 523. The number of ether oxygens (including phenoxy) is 1.